The second kappa shape index (κ2) is 13.1. The summed E-state index contributed by atoms with van der Waals surface area (Å²) in [7, 11) is 6.16. The minimum absolute atomic E-state index is 0.0775. The molecule has 0 fully saturated rings. The number of aryl methyl sites for hydroxylation is 4. The van der Waals surface area contributed by atoms with Gasteiger partial charge in [0.25, 0.3) is 0 Å². The van der Waals surface area contributed by atoms with Gasteiger partial charge in [0.2, 0.25) is 0 Å². The molecule has 0 aromatic heterocycles. The fourth-order valence-corrected chi connectivity index (χ4v) is 5.08. The van der Waals surface area contributed by atoms with Crippen LogP contribution in [0.3, 0.4) is 0 Å². The Bertz CT molecular complexity index is 1400. The third-order valence-electron chi connectivity index (χ3n) is 7.22. The van der Waals surface area contributed by atoms with E-state index in [1.54, 1.807) is 62.8 Å². The number of aromatic hydroxyl groups is 4. The van der Waals surface area contributed by atoms with E-state index in [1.807, 2.05) is 12.1 Å². The third kappa shape index (κ3) is 6.90. The SMILES string of the molecule is COc1cc(CCc2cc(O)cc(OC)c2Cc2c(CCc3ccc(O)c(OC)c3)cc(O)cc2OC)ccc1O. The Morgan fingerprint density at radius 1 is 0.463 bits per heavy atom. The van der Waals surface area contributed by atoms with Crippen LogP contribution in [0.1, 0.15) is 33.4 Å². The van der Waals surface area contributed by atoms with Gasteiger partial charge >= 0.3 is 0 Å². The molecule has 0 aliphatic carbocycles. The summed E-state index contributed by atoms with van der Waals surface area (Å²) >= 11 is 0. The van der Waals surface area contributed by atoms with Crippen LogP contribution in [-0.4, -0.2) is 48.9 Å². The van der Waals surface area contributed by atoms with Crippen LogP contribution in [0, 0.1) is 0 Å². The Hall–Kier alpha value is -4.72. The van der Waals surface area contributed by atoms with Gasteiger partial charge < -0.3 is 39.4 Å². The maximum atomic E-state index is 10.5. The van der Waals surface area contributed by atoms with Crippen molar-refractivity contribution in [1.29, 1.82) is 0 Å². The highest BCUT2D eigenvalue weighted by Gasteiger charge is 2.19. The number of ether oxygens (including phenoxy) is 4. The summed E-state index contributed by atoms with van der Waals surface area (Å²) in [4.78, 5) is 0. The summed E-state index contributed by atoms with van der Waals surface area (Å²) in [5, 5.41) is 40.9. The molecule has 4 aromatic carbocycles. The molecule has 0 atom stereocenters. The summed E-state index contributed by atoms with van der Waals surface area (Å²) in [6, 6.07) is 17.2. The van der Waals surface area contributed by atoms with Crippen LogP contribution in [0.15, 0.2) is 60.7 Å². The minimum Gasteiger partial charge on any atom is -0.508 e. The first-order valence-electron chi connectivity index (χ1n) is 13.3. The smallest absolute Gasteiger partial charge is 0.160 e. The lowest BCUT2D eigenvalue weighted by molar-refractivity contribution is 0.373. The summed E-state index contributed by atoms with van der Waals surface area (Å²) < 4.78 is 21.9. The zero-order valence-corrected chi connectivity index (χ0v) is 23.7. The van der Waals surface area contributed by atoms with E-state index >= 15 is 0 Å². The molecule has 0 saturated heterocycles. The van der Waals surface area contributed by atoms with Crippen LogP contribution in [0.5, 0.6) is 46.0 Å². The Balaban J connectivity index is 1.68. The van der Waals surface area contributed by atoms with Crippen molar-refractivity contribution < 1.29 is 39.4 Å². The molecular weight excluding hydrogens is 524 g/mol. The lowest BCUT2D eigenvalue weighted by Gasteiger charge is -2.20. The lowest BCUT2D eigenvalue weighted by atomic mass is 9.90. The zero-order valence-electron chi connectivity index (χ0n) is 23.7. The molecule has 4 rings (SSSR count). The van der Waals surface area contributed by atoms with Crippen LogP contribution in [-0.2, 0) is 32.1 Å². The van der Waals surface area contributed by atoms with Gasteiger partial charge in [-0.1, -0.05) is 12.1 Å². The third-order valence-corrected chi connectivity index (χ3v) is 7.22. The molecule has 0 unspecified atom stereocenters. The number of phenols is 4. The number of hydrogen-bond donors (Lipinski definition) is 4. The summed E-state index contributed by atoms with van der Waals surface area (Å²) in [6.45, 7) is 0. The van der Waals surface area contributed by atoms with Crippen LogP contribution in [0.25, 0.3) is 0 Å². The summed E-state index contributed by atoms with van der Waals surface area (Å²) in [5.41, 5.74) is 5.54. The standard InChI is InChI=1S/C33H36O8/c1-38-30-17-24(34)15-22(9-5-20-7-11-28(36)32(13-20)40-3)26(30)19-27-23(16-25(35)18-31(27)39-2)10-6-21-8-12-29(37)33(14-21)41-4/h7-8,11-18,34-37H,5-6,9-10,19H2,1-4H3. The van der Waals surface area contributed by atoms with Crippen molar-refractivity contribution in [2.45, 2.75) is 32.1 Å². The molecule has 0 spiro atoms. The van der Waals surface area contributed by atoms with Gasteiger partial charge in [0.1, 0.15) is 23.0 Å². The highest BCUT2D eigenvalue weighted by Crippen LogP contribution is 2.37. The van der Waals surface area contributed by atoms with Gasteiger partial charge in [-0.15, -0.1) is 0 Å². The summed E-state index contributed by atoms with van der Waals surface area (Å²) in [6.07, 6.45) is 2.90. The molecule has 0 saturated carbocycles. The molecule has 0 radical (unpaired) electrons. The van der Waals surface area contributed by atoms with Gasteiger partial charge in [-0.05, 0) is 84.3 Å². The van der Waals surface area contributed by atoms with Gasteiger partial charge in [-0.3, -0.25) is 0 Å². The number of methoxy groups -OCH3 is 4. The quantitative estimate of drug-likeness (QED) is 0.174. The molecule has 0 aliphatic heterocycles. The van der Waals surface area contributed by atoms with Gasteiger partial charge in [0.15, 0.2) is 23.0 Å². The second-order valence-corrected chi connectivity index (χ2v) is 9.76. The van der Waals surface area contributed by atoms with Gasteiger partial charge in [0.05, 0.1) is 28.4 Å². The molecule has 0 aliphatic rings. The highest BCUT2D eigenvalue weighted by molar-refractivity contribution is 5.54. The monoisotopic (exact) mass is 560 g/mol. The van der Waals surface area contributed by atoms with E-state index in [0.717, 1.165) is 33.4 Å². The maximum absolute atomic E-state index is 10.5. The topological polar surface area (TPSA) is 118 Å². The Labute approximate surface area is 240 Å². The van der Waals surface area contributed by atoms with Gasteiger partial charge in [-0.2, -0.15) is 0 Å². The van der Waals surface area contributed by atoms with Crippen LogP contribution in [0.2, 0.25) is 0 Å². The maximum Gasteiger partial charge on any atom is 0.160 e. The molecule has 8 heteroatoms. The predicted molar refractivity (Wildman–Crippen MR) is 156 cm³/mol. The summed E-state index contributed by atoms with van der Waals surface area (Å²) in [5.74, 6) is 2.26. The molecule has 0 bridgehead atoms. The molecule has 0 amide bonds. The van der Waals surface area contributed by atoms with Crippen molar-refractivity contribution in [3.8, 4) is 46.0 Å². The zero-order chi connectivity index (χ0) is 29.5. The minimum atomic E-state index is 0.0775. The molecule has 216 valence electrons. The highest BCUT2D eigenvalue weighted by atomic mass is 16.5. The fraction of sp³-hybridized carbons (Fsp3) is 0.273. The van der Waals surface area contributed by atoms with E-state index in [-0.39, 0.29) is 23.0 Å². The molecular formula is C33H36O8. The Kier molecular flexibility index (Phi) is 9.34. The van der Waals surface area contributed by atoms with E-state index in [9.17, 15) is 20.4 Å². The normalized spacial score (nSPS) is 10.8. The van der Waals surface area contributed by atoms with E-state index in [4.69, 9.17) is 18.9 Å². The fourth-order valence-electron chi connectivity index (χ4n) is 5.08. The first-order valence-corrected chi connectivity index (χ1v) is 13.3. The van der Waals surface area contributed by atoms with Crippen molar-refractivity contribution in [2.75, 3.05) is 28.4 Å². The number of benzene rings is 4. The van der Waals surface area contributed by atoms with Crippen molar-refractivity contribution >= 4 is 0 Å². The molecule has 0 heterocycles. The average molecular weight is 561 g/mol. The molecule has 4 N–H and O–H groups in total. The Morgan fingerprint density at radius 2 is 0.854 bits per heavy atom. The van der Waals surface area contributed by atoms with E-state index in [1.165, 1.54) is 14.2 Å². The number of rotatable bonds is 12. The van der Waals surface area contributed by atoms with Crippen molar-refractivity contribution in [3.05, 3.63) is 94.0 Å². The van der Waals surface area contributed by atoms with Crippen LogP contribution < -0.4 is 18.9 Å². The first-order chi connectivity index (χ1) is 19.8. The van der Waals surface area contributed by atoms with Crippen LogP contribution in [0.4, 0.5) is 0 Å². The number of hydrogen-bond acceptors (Lipinski definition) is 8. The van der Waals surface area contributed by atoms with E-state index in [2.05, 4.69) is 0 Å². The first kappa shape index (κ1) is 29.3. The Morgan fingerprint density at radius 3 is 1.22 bits per heavy atom. The molecule has 8 nitrogen and oxygen atoms in total. The van der Waals surface area contributed by atoms with Gasteiger partial charge in [-0.25, -0.2) is 0 Å². The van der Waals surface area contributed by atoms with Crippen molar-refractivity contribution in [3.63, 3.8) is 0 Å². The van der Waals surface area contributed by atoms with E-state index in [0.29, 0.717) is 55.1 Å². The average Bonchev–Trinajstić information content (AvgIpc) is 2.97. The van der Waals surface area contributed by atoms with Crippen LogP contribution >= 0.6 is 0 Å². The van der Waals surface area contributed by atoms with Crippen molar-refractivity contribution in [1.82, 2.24) is 0 Å². The van der Waals surface area contributed by atoms with E-state index < -0.39 is 0 Å². The molecule has 4 aromatic rings. The number of phenolic OH excluding ortho intramolecular Hbond substituents is 4. The largest absolute Gasteiger partial charge is 0.508 e. The van der Waals surface area contributed by atoms with Crippen molar-refractivity contribution in [2.24, 2.45) is 0 Å². The molecule has 41 heavy (non-hydrogen) atoms. The van der Waals surface area contributed by atoms with Gasteiger partial charge in [0, 0.05) is 29.7 Å². The second-order valence-electron chi connectivity index (χ2n) is 9.76. The lowest BCUT2D eigenvalue weighted by Crippen LogP contribution is -2.06. The predicted octanol–water partition coefficient (Wildman–Crippen LogP) is 5.70.